The third-order valence-corrected chi connectivity index (χ3v) is 5.18. The normalized spacial score (nSPS) is 10.8. The van der Waals surface area contributed by atoms with Crippen LogP contribution >= 0.6 is 23.1 Å². The number of benzene rings is 1. The van der Waals surface area contributed by atoms with Crippen LogP contribution in [0.4, 0.5) is 0 Å². The van der Waals surface area contributed by atoms with Crippen molar-refractivity contribution in [3.8, 4) is 22.1 Å². The van der Waals surface area contributed by atoms with Crippen molar-refractivity contribution in [1.82, 2.24) is 25.2 Å². The zero-order chi connectivity index (χ0) is 16.9. The zero-order valence-electron chi connectivity index (χ0n) is 13.6. The molecular weight excluding hydrogens is 346 g/mol. The summed E-state index contributed by atoms with van der Waals surface area (Å²) in [6.45, 7) is 2.55. The van der Waals surface area contributed by atoms with E-state index in [0.29, 0.717) is 12.4 Å². The van der Waals surface area contributed by atoms with E-state index in [-0.39, 0.29) is 0 Å². The number of aryl methyl sites for hydroxylation is 1. The van der Waals surface area contributed by atoms with Crippen LogP contribution in [0.1, 0.15) is 12.6 Å². The lowest BCUT2D eigenvalue weighted by atomic mass is 10.2. The molecule has 9 heteroatoms. The first-order valence-corrected chi connectivity index (χ1v) is 9.18. The molecule has 24 heavy (non-hydrogen) atoms. The molecule has 0 aliphatic carbocycles. The van der Waals surface area contributed by atoms with Crippen molar-refractivity contribution >= 4 is 23.1 Å². The van der Waals surface area contributed by atoms with Gasteiger partial charge in [-0.25, -0.2) is 9.67 Å². The molecule has 3 aromatic rings. The van der Waals surface area contributed by atoms with E-state index in [0.717, 1.165) is 32.9 Å². The van der Waals surface area contributed by atoms with Crippen LogP contribution in [0.3, 0.4) is 0 Å². The van der Waals surface area contributed by atoms with Crippen molar-refractivity contribution in [2.45, 2.75) is 17.8 Å². The Hall–Kier alpha value is -2.13. The summed E-state index contributed by atoms with van der Waals surface area (Å²) in [6.07, 6.45) is 0. The summed E-state index contributed by atoms with van der Waals surface area (Å²) in [7, 11) is 3.46. The molecule has 0 spiro atoms. The Labute approximate surface area is 148 Å². The minimum atomic E-state index is 0.602. The first kappa shape index (κ1) is 16.7. The molecule has 7 nitrogen and oxygen atoms in total. The molecule has 1 aromatic carbocycles. The molecule has 2 heterocycles. The fourth-order valence-corrected chi connectivity index (χ4v) is 3.73. The Morgan fingerprint density at radius 2 is 2.17 bits per heavy atom. The summed E-state index contributed by atoms with van der Waals surface area (Å²) in [5, 5.41) is 15.2. The molecule has 0 N–H and O–H groups in total. The Kier molecular flexibility index (Phi) is 5.31. The highest BCUT2D eigenvalue weighted by atomic mass is 32.2. The van der Waals surface area contributed by atoms with Gasteiger partial charge in [0.15, 0.2) is 11.5 Å². The molecule has 0 bridgehead atoms. The molecule has 0 aliphatic rings. The van der Waals surface area contributed by atoms with E-state index in [1.54, 1.807) is 34.9 Å². The van der Waals surface area contributed by atoms with Gasteiger partial charge in [-0.3, -0.25) is 0 Å². The summed E-state index contributed by atoms with van der Waals surface area (Å²) < 4.78 is 12.6. The van der Waals surface area contributed by atoms with Crippen molar-refractivity contribution < 1.29 is 9.47 Å². The van der Waals surface area contributed by atoms with E-state index < -0.39 is 0 Å². The van der Waals surface area contributed by atoms with Crippen LogP contribution in [-0.2, 0) is 12.8 Å². The van der Waals surface area contributed by atoms with Crippen LogP contribution in [0, 0.1) is 0 Å². The van der Waals surface area contributed by atoms with Crippen LogP contribution in [0.2, 0.25) is 0 Å². The maximum Gasteiger partial charge on any atom is 0.209 e. The molecule has 0 radical (unpaired) electrons. The van der Waals surface area contributed by atoms with Gasteiger partial charge in [-0.2, -0.15) is 0 Å². The average Bonchev–Trinajstić information content (AvgIpc) is 3.22. The maximum absolute atomic E-state index is 5.55. The number of thiazole rings is 1. The SMILES string of the molecule is CCOc1ccc(-c2nc(CSc3nnnn3C)cs2)cc1OC. The van der Waals surface area contributed by atoms with Gasteiger partial charge in [-0.15, -0.1) is 16.4 Å². The second kappa shape index (κ2) is 7.63. The molecule has 0 saturated heterocycles. The fourth-order valence-electron chi connectivity index (χ4n) is 2.06. The molecule has 0 fully saturated rings. The maximum atomic E-state index is 5.55. The molecule has 0 saturated carbocycles. The van der Waals surface area contributed by atoms with Crippen molar-refractivity contribution in [3.63, 3.8) is 0 Å². The van der Waals surface area contributed by atoms with Crippen LogP contribution < -0.4 is 9.47 Å². The van der Waals surface area contributed by atoms with E-state index in [1.165, 1.54) is 0 Å². The quantitative estimate of drug-likeness (QED) is 0.597. The number of aromatic nitrogens is 5. The van der Waals surface area contributed by atoms with Crippen LogP contribution in [0.25, 0.3) is 10.6 Å². The lowest BCUT2D eigenvalue weighted by Crippen LogP contribution is -1.95. The predicted molar refractivity (Wildman–Crippen MR) is 93.6 cm³/mol. The van der Waals surface area contributed by atoms with E-state index in [9.17, 15) is 0 Å². The number of hydrogen-bond acceptors (Lipinski definition) is 8. The summed E-state index contributed by atoms with van der Waals surface area (Å²) in [4.78, 5) is 4.68. The third kappa shape index (κ3) is 3.68. The topological polar surface area (TPSA) is 75.0 Å². The lowest BCUT2D eigenvalue weighted by Gasteiger charge is -2.09. The highest BCUT2D eigenvalue weighted by Gasteiger charge is 2.11. The number of thioether (sulfide) groups is 1. The number of nitrogens with zero attached hydrogens (tertiary/aromatic N) is 5. The molecule has 3 rings (SSSR count). The van der Waals surface area contributed by atoms with Gasteiger partial charge in [0.1, 0.15) is 5.01 Å². The predicted octanol–water partition coefficient (Wildman–Crippen LogP) is 3.03. The molecule has 126 valence electrons. The second-order valence-electron chi connectivity index (χ2n) is 4.82. The van der Waals surface area contributed by atoms with E-state index in [4.69, 9.17) is 9.47 Å². The van der Waals surface area contributed by atoms with Gasteiger partial charge in [0, 0.05) is 23.7 Å². The van der Waals surface area contributed by atoms with Crippen LogP contribution in [0.5, 0.6) is 11.5 Å². The van der Waals surface area contributed by atoms with E-state index in [1.807, 2.05) is 32.2 Å². The van der Waals surface area contributed by atoms with E-state index in [2.05, 4.69) is 25.9 Å². The monoisotopic (exact) mass is 363 g/mol. The third-order valence-electron chi connectivity index (χ3n) is 3.19. The summed E-state index contributed by atoms with van der Waals surface area (Å²) >= 11 is 3.16. The molecule has 2 aromatic heterocycles. The van der Waals surface area contributed by atoms with Gasteiger partial charge in [0.2, 0.25) is 5.16 Å². The minimum Gasteiger partial charge on any atom is -0.493 e. The second-order valence-corrected chi connectivity index (χ2v) is 6.62. The smallest absolute Gasteiger partial charge is 0.209 e. The highest BCUT2D eigenvalue weighted by Crippen LogP contribution is 2.34. The van der Waals surface area contributed by atoms with Crippen LogP contribution in [0.15, 0.2) is 28.7 Å². The average molecular weight is 363 g/mol. The zero-order valence-corrected chi connectivity index (χ0v) is 15.2. The number of ether oxygens (including phenoxy) is 2. The van der Waals surface area contributed by atoms with E-state index >= 15 is 0 Å². The standard InChI is InChI=1S/C15H17N5O2S2/c1-4-22-12-6-5-10(7-13(12)21-3)14-16-11(8-23-14)9-24-15-17-18-19-20(15)2/h5-8H,4,9H2,1-3H3. The van der Waals surface area contributed by atoms with Gasteiger partial charge >= 0.3 is 0 Å². The Morgan fingerprint density at radius 1 is 1.29 bits per heavy atom. The summed E-state index contributed by atoms with van der Waals surface area (Å²) in [5.41, 5.74) is 2.01. The Morgan fingerprint density at radius 3 is 2.88 bits per heavy atom. The molecule has 0 unspecified atom stereocenters. The van der Waals surface area contributed by atoms with Gasteiger partial charge in [-0.1, -0.05) is 11.8 Å². The number of hydrogen-bond donors (Lipinski definition) is 0. The Bertz CT molecular complexity index is 818. The lowest BCUT2D eigenvalue weighted by molar-refractivity contribution is 0.311. The first-order valence-electron chi connectivity index (χ1n) is 7.32. The van der Waals surface area contributed by atoms with Gasteiger partial charge in [0.25, 0.3) is 0 Å². The van der Waals surface area contributed by atoms with Gasteiger partial charge in [-0.05, 0) is 35.5 Å². The molecule has 0 atom stereocenters. The highest BCUT2D eigenvalue weighted by molar-refractivity contribution is 7.98. The van der Waals surface area contributed by atoms with Crippen LogP contribution in [-0.4, -0.2) is 38.9 Å². The number of tetrazole rings is 1. The van der Waals surface area contributed by atoms with Crippen molar-refractivity contribution in [2.24, 2.45) is 7.05 Å². The summed E-state index contributed by atoms with van der Waals surface area (Å²) in [6, 6.07) is 5.86. The number of methoxy groups -OCH3 is 1. The number of rotatable bonds is 7. The molecular formula is C15H17N5O2S2. The minimum absolute atomic E-state index is 0.602. The van der Waals surface area contributed by atoms with Crippen molar-refractivity contribution in [1.29, 1.82) is 0 Å². The fraction of sp³-hybridized carbons (Fsp3) is 0.333. The largest absolute Gasteiger partial charge is 0.493 e. The first-order chi connectivity index (χ1) is 11.7. The Balaban J connectivity index is 1.74. The molecule has 0 aliphatic heterocycles. The van der Waals surface area contributed by atoms with Gasteiger partial charge < -0.3 is 9.47 Å². The van der Waals surface area contributed by atoms with Crippen molar-refractivity contribution in [2.75, 3.05) is 13.7 Å². The van der Waals surface area contributed by atoms with Crippen molar-refractivity contribution in [3.05, 3.63) is 29.3 Å². The summed E-state index contributed by atoms with van der Waals surface area (Å²) in [5.74, 6) is 2.18. The van der Waals surface area contributed by atoms with Gasteiger partial charge in [0.05, 0.1) is 19.4 Å². The molecule has 0 amide bonds.